The normalized spacial score (nSPS) is 10.7. The summed E-state index contributed by atoms with van der Waals surface area (Å²) < 4.78 is 24.8. The number of methoxy groups -OCH3 is 1. The van der Waals surface area contributed by atoms with Crippen molar-refractivity contribution in [2.24, 2.45) is 0 Å². The minimum absolute atomic E-state index is 0.176. The van der Waals surface area contributed by atoms with Crippen LogP contribution >= 0.6 is 11.8 Å². The molecule has 1 heterocycles. The number of rotatable bonds is 5. The van der Waals surface area contributed by atoms with Crippen LogP contribution in [0.1, 0.15) is 5.56 Å². The molecule has 0 saturated carbocycles. The topological polar surface area (TPSA) is 31.4 Å². The number of fused-ring (bicyclic) bond motifs is 1. The van der Waals surface area contributed by atoms with Crippen molar-refractivity contribution in [3.05, 3.63) is 60.0 Å². The quantitative estimate of drug-likeness (QED) is 0.636. The van der Waals surface area contributed by atoms with E-state index in [1.165, 1.54) is 18.1 Å². The van der Waals surface area contributed by atoms with Crippen molar-refractivity contribution in [1.29, 1.82) is 0 Å². The van der Waals surface area contributed by atoms with Gasteiger partial charge in [0.1, 0.15) is 12.4 Å². The molecule has 0 unspecified atom stereocenters. The number of nitrogens with zero attached hydrogens (tertiary/aromatic N) is 1. The summed E-state index contributed by atoms with van der Waals surface area (Å²) in [6.45, 7) is 0.418. The summed E-state index contributed by atoms with van der Waals surface area (Å²) in [5.41, 5.74) is 1.70. The van der Waals surface area contributed by atoms with E-state index < -0.39 is 5.82 Å². The van der Waals surface area contributed by atoms with Gasteiger partial charge in [-0.25, -0.2) is 4.39 Å². The molecule has 3 rings (SSSR count). The highest BCUT2D eigenvalue weighted by Crippen LogP contribution is 2.30. The lowest BCUT2D eigenvalue weighted by Gasteiger charge is -2.11. The molecule has 5 heteroatoms. The van der Waals surface area contributed by atoms with Gasteiger partial charge in [-0.1, -0.05) is 12.1 Å². The van der Waals surface area contributed by atoms with Gasteiger partial charge < -0.3 is 9.47 Å². The Morgan fingerprint density at radius 3 is 2.78 bits per heavy atom. The smallest absolute Gasteiger partial charge is 0.165 e. The Hall–Kier alpha value is -2.27. The van der Waals surface area contributed by atoms with Crippen LogP contribution in [0.25, 0.3) is 10.9 Å². The molecule has 0 saturated heterocycles. The van der Waals surface area contributed by atoms with Crippen molar-refractivity contribution in [1.82, 2.24) is 4.98 Å². The first-order chi connectivity index (χ1) is 11.2. The third kappa shape index (κ3) is 3.40. The Kier molecular flexibility index (Phi) is 4.67. The molecular formula is C18H16FNO2S. The summed E-state index contributed by atoms with van der Waals surface area (Å²) in [6, 6.07) is 12.9. The van der Waals surface area contributed by atoms with Gasteiger partial charge in [0, 0.05) is 22.5 Å². The lowest BCUT2D eigenvalue weighted by Crippen LogP contribution is -1.97. The molecule has 0 aliphatic heterocycles. The molecule has 3 aromatic rings. The molecule has 118 valence electrons. The molecular weight excluding hydrogens is 313 g/mol. The van der Waals surface area contributed by atoms with Crippen LogP contribution in [0.2, 0.25) is 0 Å². The maximum absolute atomic E-state index is 14.0. The fourth-order valence-corrected chi connectivity index (χ4v) is 2.81. The third-order valence-electron chi connectivity index (χ3n) is 3.50. The molecule has 0 N–H and O–H groups in total. The zero-order valence-corrected chi connectivity index (χ0v) is 13.7. The second-order valence-corrected chi connectivity index (χ2v) is 5.83. The standard InChI is InChI=1S/C18H16FNO2S/c1-21-18-10-16-14(9-15(18)19)17(6-7-20-16)22-11-12-4-3-5-13(8-12)23-2/h3-10H,11H2,1-2H3. The lowest BCUT2D eigenvalue weighted by atomic mass is 10.2. The molecule has 0 bridgehead atoms. The Balaban J connectivity index is 1.89. The van der Waals surface area contributed by atoms with E-state index in [4.69, 9.17) is 9.47 Å². The van der Waals surface area contributed by atoms with E-state index in [0.717, 1.165) is 5.56 Å². The van der Waals surface area contributed by atoms with Crippen molar-refractivity contribution < 1.29 is 13.9 Å². The SMILES string of the molecule is COc1cc2nccc(OCc3cccc(SC)c3)c2cc1F. The van der Waals surface area contributed by atoms with Gasteiger partial charge in [0.25, 0.3) is 0 Å². The van der Waals surface area contributed by atoms with Gasteiger partial charge in [0.05, 0.1) is 12.6 Å². The summed E-state index contributed by atoms with van der Waals surface area (Å²) in [7, 11) is 1.43. The number of aromatic nitrogens is 1. The van der Waals surface area contributed by atoms with Crippen LogP contribution in [0, 0.1) is 5.82 Å². The number of halogens is 1. The molecule has 0 atom stereocenters. The van der Waals surface area contributed by atoms with Gasteiger partial charge in [-0.05, 0) is 36.1 Å². The average molecular weight is 329 g/mol. The van der Waals surface area contributed by atoms with Crippen LogP contribution in [0.3, 0.4) is 0 Å². The minimum Gasteiger partial charge on any atom is -0.494 e. The van der Waals surface area contributed by atoms with Gasteiger partial charge in [0.15, 0.2) is 11.6 Å². The Bertz CT molecular complexity index is 838. The van der Waals surface area contributed by atoms with E-state index in [2.05, 4.69) is 17.1 Å². The average Bonchev–Trinajstić information content (AvgIpc) is 2.59. The lowest BCUT2D eigenvalue weighted by molar-refractivity contribution is 0.309. The van der Waals surface area contributed by atoms with Gasteiger partial charge in [-0.3, -0.25) is 4.98 Å². The Morgan fingerprint density at radius 1 is 1.13 bits per heavy atom. The molecule has 0 spiro atoms. The highest BCUT2D eigenvalue weighted by atomic mass is 32.2. The largest absolute Gasteiger partial charge is 0.494 e. The molecule has 0 amide bonds. The summed E-state index contributed by atoms with van der Waals surface area (Å²) in [5.74, 6) is 0.350. The van der Waals surface area contributed by atoms with Gasteiger partial charge in [-0.2, -0.15) is 0 Å². The molecule has 0 radical (unpaired) electrons. The van der Waals surface area contributed by atoms with E-state index in [0.29, 0.717) is 23.3 Å². The minimum atomic E-state index is -0.428. The van der Waals surface area contributed by atoms with Crippen LogP contribution in [-0.2, 0) is 6.61 Å². The molecule has 0 fully saturated rings. The van der Waals surface area contributed by atoms with Gasteiger partial charge in [-0.15, -0.1) is 11.8 Å². The first kappa shape index (κ1) is 15.6. The van der Waals surface area contributed by atoms with Crippen LogP contribution in [-0.4, -0.2) is 18.3 Å². The molecule has 2 aromatic carbocycles. The molecule has 0 aliphatic rings. The van der Waals surface area contributed by atoms with E-state index in [-0.39, 0.29) is 5.75 Å². The summed E-state index contributed by atoms with van der Waals surface area (Å²) in [5, 5.41) is 0.631. The van der Waals surface area contributed by atoms with Crippen molar-refractivity contribution in [3.8, 4) is 11.5 Å². The fourth-order valence-electron chi connectivity index (χ4n) is 2.33. The maximum Gasteiger partial charge on any atom is 0.165 e. The summed E-state index contributed by atoms with van der Waals surface area (Å²) in [4.78, 5) is 5.43. The maximum atomic E-state index is 14.0. The Morgan fingerprint density at radius 2 is 2.00 bits per heavy atom. The highest BCUT2D eigenvalue weighted by molar-refractivity contribution is 7.98. The van der Waals surface area contributed by atoms with Gasteiger partial charge >= 0.3 is 0 Å². The van der Waals surface area contributed by atoms with E-state index >= 15 is 0 Å². The zero-order chi connectivity index (χ0) is 16.2. The number of pyridine rings is 1. The molecule has 3 nitrogen and oxygen atoms in total. The summed E-state index contributed by atoms with van der Waals surface area (Å²) >= 11 is 1.68. The number of hydrogen-bond acceptors (Lipinski definition) is 4. The van der Waals surface area contributed by atoms with Crippen molar-refractivity contribution in [3.63, 3.8) is 0 Å². The van der Waals surface area contributed by atoms with Crippen molar-refractivity contribution in [2.45, 2.75) is 11.5 Å². The predicted octanol–water partition coefficient (Wildman–Crippen LogP) is 4.68. The number of hydrogen-bond donors (Lipinski definition) is 0. The van der Waals surface area contributed by atoms with E-state index in [9.17, 15) is 4.39 Å². The first-order valence-electron chi connectivity index (χ1n) is 7.09. The molecule has 0 aliphatic carbocycles. The number of ether oxygens (including phenoxy) is 2. The second kappa shape index (κ2) is 6.87. The van der Waals surface area contributed by atoms with Crippen LogP contribution in [0.4, 0.5) is 4.39 Å². The van der Waals surface area contributed by atoms with Crippen LogP contribution in [0.15, 0.2) is 53.6 Å². The summed E-state index contributed by atoms with van der Waals surface area (Å²) in [6.07, 6.45) is 3.68. The van der Waals surface area contributed by atoms with E-state index in [1.807, 2.05) is 18.4 Å². The highest BCUT2D eigenvalue weighted by Gasteiger charge is 2.10. The number of benzene rings is 2. The number of thioether (sulfide) groups is 1. The van der Waals surface area contributed by atoms with Gasteiger partial charge in [0.2, 0.25) is 0 Å². The van der Waals surface area contributed by atoms with Crippen molar-refractivity contribution in [2.75, 3.05) is 13.4 Å². The third-order valence-corrected chi connectivity index (χ3v) is 4.23. The van der Waals surface area contributed by atoms with Crippen molar-refractivity contribution >= 4 is 22.7 Å². The first-order valence-corrected chi connectivity index (χ1v) is 8.31. The van der Waals surface area contributed by atoms with Crippen LogP contribution < -0.4 is 9.47 Å². The zero-order valence-electron chi connectivity index (χ0n) is 12.9. The molecule has 23 heavy (non-hydrogen) atoms. The second-order valence-electron chi connectivity index (χ2n) is 4.95. The monoisotopic (exact) mass is 329 g/mol. The predicted molar refractivity (Wildman–Crippen MR) is 90.8 cm³/mol. The van der Waals surface area contributed by atoms with E-state index in [1.54, 1.807) is 30.1 Å². The van der Waals surface area contributed by atoms with Crippen LogP contribution in [0.5, 0.6) is 11.5 Å². The molecule has 1 aromatic heterocycles. The Labute approximate surface area is 138 Å². The fraction of sp³-hybridized carbons (Fsp3) is 0.167.